The van der Waals surface area contributed by atoms with Crippen LogP contribution in [0.15, 0.2) is 60.8 Å². The summed E-state index contributed by atoms with van der Waals surface area (Å²) >= 11 is 0. The molecule has 1 aromatic heterocycles. The number of carbonyl (C=O) groups excluding carboxylic acids is 2. The van der Waals surface area contributed by atoms with Crippen molar-refractivity contribution in [1.82, 2.24) is 14.7 Å². The van der Waals surface area contributed by atoms with Crippen LogP contribution in [0.2, 0.25) is 0 Å². The summed E-state index contributed by atoms with van der Waals surface area (Å²) in [4.78, 5) is 27.3. The lowest BCUT2D eigenvalue weighted by molar-refractivity contribution is -0.116. The van der Waals surface area contributed by atoms with Crippen LogP contribution in [0.4, 0.5) is 5.69 Å². The lowest BCUT2D eigenvalue weighted by atomic mass is 10.1. The van der Waals surface area contributed by atoms with Crippen LogP contribution in [0.1, 0.15) is 35.5 Å². The second-order valence-corrected chi connectivity index (χ2v) is 7.10. The number of likely N-dealkylation sites (N-methyl/N-ethyl adjacent to an activating group) is 1. The van der Waals surface area contributed by atoms with Gasteiger partial charge in [0.2, 0.25) is 5.91 Å². The van der Waals surface area contributed by atoms with Crippen molar-refractivity contribution in [2.24, 2.45) is 0 Å². The van der Waals surface area contributed by atoms with Crippen LogP contribution in [0.25, 0.3) is 0 Å². The average molecular weight is 421 g/mol. The Balaban J connectivity index is 1.71. The second-order valence-electron chi connectivity index (χ2n) is 7.10. The van der Waals surface area contributed by atoms with Crippen LogP contribution < -0.4 is 10.1 Å². The molecule has 1 heterocycles. The number of carbonyl (C=O) groups is 2. The van der Waals surface area contributed by atoms with Gasteiger partial charge in [-0.25, -0.2) is 0 Å². The zero-order valence-corrected chi connectivity index (χ0v) is 18.2. The van der Waals surface area contributed by atoms with E-state index in [-0.39, 0.29) is 18.4 Å². The Labute approximate surface area is 182 Å². The van der Waals surface area contributed by atoms with Gasteiger partial charge in [0.15, 0.2) is 0 Å². The van der Waals surface area contributed by atoms with Crippen molar-refractivity contribution >= 4 is 17.5 Å². The lowest BCUT2D eigenvalue weighted by Gasteiger charge is -2.20. The van der Waals surface area contributed by atoms with E-state index >= 15 is 0 Å². The average Bonchev–Trinajstić information content (AvgIpc) is 3.20. The molecule has 0 spiro atoms. The van der Waals surface area contributed by atoms with E-state index in [0.29, 0.717) is 36.5 Å². The SMILES string of the molecule is CCc1c(C(=O)N(CC)CC(=O)Nc2cccc(OC)c2)cnn1Cc1ccccc1. The fourth-order valence-corrected chi connectivity index (χ4v) is 3.43. The maximum Gasteiger partial charge on any atom is 0.257 e. The van der Waals surface area contributed by atoms with Gasteiger partial charge in [-0.05, 0) is 31.0 Å². The Hall–Kier alpha value is -3.61. The fourth-order valence-electron chi connectivity index (χ4n) is 3.43. The highest BCUT2D eigenvalue weighted by atomic mass is 16.5. The molecule has 7 nitrogen and oxygen atoms in total. The molecule has 162 valence electrons. The summed E-state index contributed by atoms with van der Waals surface area (Å²) in [6.07, 6.45) is 2.27. The molecule has 1 N–H and O–H groups in total. The first-order valence-electron chi connectivity index (χ1n) is 10.4. The third kappa shape index (κ3) is 5.51. The Morgan fingerprint density at radius 1 is 1.10 bits per heavy atom. The molecule has 0 saturated heterocycles. The number of methoxy groups -OCH3 is 1. The largest absolute Gasteiger partial charge is 0.497 e. The zero-order valence-electron chi connectivity index (χ0n) is 18.2. The number of amides is 2. The molecule has 0 radical (unpaired) electrons. The Morgan fingerprint density at radius 2 is 1.87 bits per heavy atom. The number of anilines is 1. The molecular formula is C24H28N4O3. The van der Waals surface area contributed by atoms with Crippen molar-refractivity contribution in [2.45, 2.75) is 26.8 Å². The van der Waals surface area contributed by atoms with Gasteiger partial charge in [-0.1, -0.05) is 43.3 Å². The van der Waals surface area contributed by atoms with Crippen LogP contribution in [0, 0.1) is 0 Å². The fraction of sp³-hybridized carbons (Fsp3) is 0.292. The van der Waals surface area contributed by atoms with E-state index < -0.39 is 0 Å². The first-order chi connectivity index (χ1) is 15.0. The van der Waals surface area contributed by atoms with Crippen LogP contribution in [0.5, 0.6) is 5.75 Å². The maximum absolute atomic E-state index is 13.2. The number of nitrogens with zero attached hydrogens (tertiary/aromatic N) is 3. The quantitative estimate of drug-likeness (QED) is 0.574. The minimum absolute atomic E-state index is 0.0421. The van der Waals surface area contributed by atoms with Gasteiger partial charge in [0.05, 0.1) is 31.1 Å². The highest BCUT2D eigenvalue weighted by molar-refractivity contribution is 6.00. The molecule has 0 saturated carbocycles. The van der Waals surface area contributed by atoms with Crippen LogP contribution >= 0.6 is 0 Å². The maximum atomic E-state index is 13.2. The van der Waals surface area contributed by atoms with Gasteiger partial charge >= 0.3 is 0 Å². The van der Waals surface area contributed by atoms with E-state index in [1.54, 1.807) is 37.6 Å². The lowest BCUT2D eigenvalue weighted by Crippen LogP contribution is -2.38. The van der Waals surface area contributed by atoms with E-state index in [1.165, 1.54) is 4.90 Å². The third-order valence-corrected chi connectivity index (χ3v) is 5.05. The number of nitrogens with one attached hydrogen (secondary N) is 1. The monoisotopic (exact) mass is 420 g/mol. The third-order valence-electron chi connectivity index (χ3n) is 5.05. The number of hydrogen-bond acceptors (Lipinski definition) is 4. The molecule has 0 bridgehead atoms. The first kappa shape index (κ1) is 22.1. The van der Waals surface area contributed by atoms with Gasteiger partial charge in [0.25, 0.3) is 5.91 Å². The molecule has 3 aromatic rings. The predicted octanol–water partition coefficient (Wildman–Crippen LogP) is 3.60. The summed E-state index contributed by atoms with van der Waals surface area (Å²) in [5.74, 6) is 0.192. The van der Waals surface area contributed by atoms with Crippen molar-refractivity contribution in [3.8, 4) is 5.75 Å². The number of ether oxygens (including phenoxy) is 1. The minimum atomic E-state index is -0.266. The van der Waals surface area contributed by atoms with Crippen LogP contribution in [0.3, 0.4) is 0 Å². The highest BCUT2D eigenvalue weighted by Crippen LogP contribution is 2.18. The van der Waals surface area contributed by atoms with E-state index in [9.17, 15) is 9.59 Å². The first-order valence-corrected chi connectivity index (χ1v) is 10.4. The molecule has 2 amide bonds. The molecule has 0 fully saturated rings. The van der Waals surface area contributed by atoms with Gasteiger partial charge in [0, 0.05) is 18.3 Å². The summed E-state index contributed by atoms with van der Waals surface area (Å²) in [6, 6.07) is 17.1. The van der Waals surface area contributed by atoms with E-state index in [4.69, 9.17) is 4.74 Å². The number of rotatable bonds is 9. The molecule has 0 aliphatic rings. The second kappa shape index (κ2) is 10.4. The summed E-state index contributed by atoms with van der Waals surface area (Å²) in [7, 11) is 1.57. The van der Waals surface area contributed by atoms with Gasteiger partial charge in [-0.3, -0.25) is 14.3 Å². The Bertz CT molecular complexity index is 1030. The molecule has 0 aliphatic carbocycles. The minimum Gasteiger partial charge on any atom is -0.497 e. The predicted molar refractivity (Wildman–Crippen MR) is 120 cm³/mol. The van der Waals surface area contributed by atoms with Gasteiger partial charge in [-0.2, -0.15) is 5.10 Å². The van der Waals surface area contributed by atoms with Crippen LogP contribution in [-0.2, 0) is 17.8 Å². The molecule has 31 heavy (non-hydrogen) atoms. The summed E-state index contributed by atoms with van der Waals surface area (Å²) in [5.41, 5.74) is 3.14. The Kier molecular flexibility index (Phi) is 7.43. The zero-order chi connectivity index (χ0) is 22.2. The van der Waals surface area contributed by atoms with E-state index in [0.717, 1.165) is 11.3 Å². The molecule has 0 aliphatic heterocycles. The molecular weight excluding hydrogens is 392 g/mol. The van der Waals surface area contributed by atoms with Crippen molar-refractivity contribution in [3.05, 3.63) is 77.6 Å². The van der Waals surface area contributed by atoms with Crippen molar-refractivity contribution in [3.63, 3.8) is 0 Å². The number of hydrogen-bond donors (Lipinski definition) is 1. The summed E-state index contributed by atoms with van der Waals surface area (Å²) in [6.45, 7) is 4.83. The Morgan fingerprint density at radius 3 is 2.55 bits per heavy atom. The van der Waals surface area contributed by atoms with Gasteiger partial charge in [0.1, 0.15) is 12.3 Å². The smallest absolute Gasteiger partial charge is 0.257 e. The molecule has 2 aromatic carbocycles. The standard InChI is InChI=1S/C24H28N4O3/c1-4-22-21(15-25-28(22)16-18-10-7-6-8-11-18)24(30)27(5-2)17-23(29)26-19-12-9-13-20(14-19)31-3/h6-15H,4-5,16-17H2,1-3H3,(H,26,29). The van der Waals surface area contributed by atoms with Crippen molar-refractivity contribution in [2.75, 3.05) is 25.5 Å². The molecule has 7 heteroatoms. The van der Waals surface area contributed by atoms with Crippen LogP contribution in [-0.4, -0.2) is 46.7 Å². The van der Waals surface area contributed by atoms with Gasteiger partial charge in [-0.15, -0.1) is 0 Å². The van der Waals surface area contributed by atoms with Crippen molar-refractivity contribution in [1.29, 1.82) is 0 Å². The number of aromatic nitrogens is 2. The van der Waals surface area contributed by atoms with E-state index in [1.807, 2.05) is 48.9 Å². The topological polar surface area (TPSA) is 76.5 Å². The number of benzene rings is 2. The molecule has 0 atom stereocenters. The van der Waals surface area contributed by atoms with Crippen molar-refractivity contribution < 1.29 is 14.3 Å². The van der Waals surface area contributed by atoms with E-state index in [2.05, 4.69) is 10.4 Å². The normalized spacial score (nSPS) is 10.5. The molecule has 0 unspecified atom stereocenters. The highest BCUT2D eigenvalue weighted by Gasteiger charge is 2.23. The molecule has 3 rings (SSSR count). The van der Waals surface area contributed by atoms with Gasteiger partial charge < -0.3 is 15.0 Å². The summed E-state index contributed by atoms with van der Waals surface area (Å²) < 4.78 is 7.03. The summed E-state index contributed by atoms with van der Waals surface area (Å²) in [5, 5.41) is 7.26.